The Morgan fingerprint density at radius 2 is 1.55 bits per heavy atom. The summed E-state index contributed by atoms with van der Waals surface area (Å²) < 4.78 is 24.5. The van der Waals surface area contributed by atoms with E-state index in [9.17, 15) is 13.2 Å². The molecule has 0 heterocycles. The third kappa shape index (κ3) is 4.32. The summed E-state index contributed by atoms with van der Waals surface area (Å²) in [5.41, 5.74) is 0.550. The molecular formula is C17H27NO3S. The predicted octanol–water partition coefficient (Wildman–Crippen LogP) is 3.10. The molecule has 0 aliphatic heterocycles. The number of hydrogen-bond acceptors (Lipinski definition) is 3. The van der Waals surface area contributed by atoms with Gasteiger partial charge in [0, 0.05) is 12.0 Å². The number of aryl methyl sites for hydroxylation is 1. The summed E-state index contributed by atoms with van der Waals surface area (Å²) in [5.74, 6) is -0.0731. The first-order valence-corrected chi connectivity index (χ1v) is 8.96. The van der Waals surface area contributed by atoms with Crippen LogP contribution in [0.15, 0.2) is 29.2 Å². The molecule has 1 rings (SSSR count). The molecule has 22 heavy (non-hydrogen) atoms. The van der Waals surface area contributed by atoms with E-state index in [1.165, 1.54) is 0 Å². The molecule has 4 nitrogen and oxygen atoms in total. The minimum atomic E-state index is -3.44. The summed E-state index contributed by atoms with van der Waals surface area (Å²) in [4.78, 5) is 12.2. The summed E-state index contributed by atoms with van der Waals surface area (Å²) in [6.45, 7) is 11.2. The third-order valence-electron chi connectivity index (χ3n) is 3.75. The number of rotatable bonds is 5. The lowest BCUT2D eigenvalue weighted by Gasteiger charge is -2.26. The number of hydrogen-bond donors (Lipinski definition) is 1. The van der Waals surface area contributed by atoms with E-state index in [0.717, 1.165) is 5.56 Å². The third-order valence-corrected chi connectivity index (χ3v) is 6.30. The van der Waals surface area contributed by atoms with Gasteiger partial charge in [-0.15, -0.1) is 0 Å². The van der Waals surface area contributed by atoms with E-state index in [2.05, 4.69) is 5.32 Å². The van der Waals surface area contributed by atoms with E-state index in [4.69, 9.17) is 0 Å². The molecule has 0 fully saturated rings. The van der Waals surface area contributed by atoms with Crippen LogP contribution in [0.3, 0.4) is 0 Å². The van der Waals surface area contributed by atoms with Gasteiger partial charge >= 0.3 is 0 Å². The molecule has 0 aromatic heterocycles. The van der Waals surface area contributed by atoms with Gasteiger partial charge in [0.2, 0.25) is 5.91 Å². The summed E-state index contributed by atoms with van der Waals surface area (Å²) in [6, 6.07) is 6.87. The van der Waals surface area contributed by atoms with Crippen molar-refractivity contribution >= 4 is 15.7 Å². The summed E-state index contributed by atoms with van der Waals surface area (Å²) >= 11 is 0. The van der Waals surface area contributed by atoms with Crippen molar-refractivity contribution in [2.24, 2.45) is 5.41 Å². The topological polar surface area (TPSA) is 63.2 Å². The van der Waals surface area contributed by atoms with Gasteiger partial charge in [-0.05, 0) is 39.3 Å². The van der Waals surface area contributed by atoms with Crippen molar-refractivity contribution in [2.45, 2.75) is 57.6 Å². The predicted molar refractivity (Wildman–Crippen MR) is 89.5 cm³/mol. The first-order chi connectivity index (χ1) is 9.88. The van der Waals surface area contributed by atoms with Crippen molar-refractivity contribution in [1.29, 1.82) is 0 Å². The summed E-state index contributed by atoms with van der Waals surface area (Å²) in [5, 5.41) is 2.81. The zero-order valence-electron chi connectivity index (χ0n) is 14.4. The molecule has 1 amide bonds. The second-order valence-electron chi connectivity index (χ2n) is 7.33. The van der Waals surface area contributed by atoms with Crippen molar-refractivity contribution < 1.29 is 13.2 Å². The smallest absolute Gasteiger partial charge is 0.225 e. The fourth-order valence-corrected chi connectivity index (χ4v) is 3.42. The first kappa shape index (κ1) is 18.7. The Bertz CT molecular complexity index is 623. The molecule has 1 aromatic carbocycles. The van der Waals surface area contributed by atoms with Crippen molar-refractivity contribution in [1.82, 2.24) is 5.32 Å². The van der Waals surface area contributed by atoms with Crippen LogP contribution in [-0.2, 0) is 14.6 Å². The summed E-state index contributed by atoms with van der Waals surface area (Å²) in [7, 11) is -3.44. The Kier molecular flexibility index (Phi) is 5.44. The van der Waals surface area contributed by atoms with Crippen LogP contribution < -0.4 is 5.32 Å². The Balaban J connectivity index is 2.81. The number of carbonyl (C=O) groups is 1. The zero-order chi connectivity index (χ0) is 17.2. The average molecular weight is 325 g/mol. The quantitative estimate of drug-likeness (QED) is 0.905. The number of sulfone groups is 1. The molecule has 1 N–H and O–H groups in total. The number of benzene rings is 1. The average Bonchev–Trinajstić information content (AvgIpc) is 2.37. The van der Waals surface area contributed by atoms with Gasteiger partial charge in [-0.1, -0.05) is 38.5 Å². The van der Waals surface area contributed by atoms with E-state index in [1.54, 1.807) is 38.1 Å². The van der Waals surface area contributed by atoms with Crippen LogP contribution in [0.25, 0.3) is 0 Å². The monoisotopic (exact) mass is 325 g/mol. The molecule has 0 aliphatic rings. The Morgan fingerprint density at radius 3 is 2.00 bits per heavy atom. The fraction of sp³-hybridized carbons (Fsp3) is 0.588. The van der Waals surface area contributed by atoms with Crippen LogP contribution >= 0.6 is 0 Å². The van der Waals surface area contributed by atoms with Gasteiger partial charge < -0.3 is 5.32 Å². The molecule has 0 atom stereocenters. The molecular weight excluding hydrogens is 298 g/mol. The SMILES string of the molecule is Cc1ccc(S(=O)(=O)C(C)(C)CCNC(=O)C(C)(C)C)cc1. The lowest BCUT2D eigenvalue weighted by atomic mass is 9.95. The molecule has 0 unspecified atom stereocenters. The highest BCUT2D eigenvalue weighted by Gasteiger charge is 2.35. The molecule has 0 aliphatic carbocycles. The van der Waals surface area contributed by atoms with Crippen molar-refractivity contribution in [2.75, 3.05) is 6.54 Å². The van der Waals surface area contributed by atoms with Crippen LogP contribution in [0, 0.1) is 12.3 Å². The standard InChI is InChI=1S/C17H27NO3S/c1-13-7-9-14(10-8-13)22(20,21)17(5,6)11-12-18-15(19)16(2,3)4/h7-10H,11-12H2,1-6H3,(H,18,19). The lowest BCUT2D eigenvalue weighted by Crippen LogP contribution is -2.40. The van der Waals surface area contributed by atoms with Crippen LogP contribution in [0.4, 0.5) is 0 Å². The highest BCUT2D eigenvalue weighted by Crippen LogP contribution is 2.28. The van der Waals surface area contributed by atoms with Gasteiger partial charge in [-0.3, -0.25) is 4.79 Å². The number of nitrogens with one attached hydrogen (secondary N) is 1. The van der Waals surface area contributed by atoms with Gasteiger partial charge in [-0.25, -0.2) is 8.42 Å². The molecule has 0 spiro atoms. The van der Waals surface area contributed by atoms with Crippen molar-refractivity contribution in [3.63, 3.8) is 0 Å². The highest BCUT2D eigenvalue weighted by atomic mass is 32.2. The Hall–Kier alpha value is -1.36. The highest BCUT2D eigenvalue weighted by molar-refractivity contribution is 7.92. The van der Waals surface area contributed by atoms with Crippen LogP contribution in [0.1, 0.15) is 46.6 Å². The minimum Gasteiger partial charge on any atom is -0.356 e. The van der Waals surface area contributed by atoms with Crippen molar-refractivity contribution in [3.05, 3.63) is 29.8 Å². The summed E-state index contributed by atoms with van der Waals surface area (Å²) in [6.07, 6.45) is 0.366. The molecule has 0 radical (unpaired) electrons. The second kappa shape index (κ2) is 6.41. The fourth-order valence-electron chi connectivity index (χ4n) is 1.91. The van der Waals surface area contributed by atoms with E-state index >= 15 is 0 Å². The molecule has 5 heteroatoms. The van der Waals surface area contributed by atoms with Crippen molar-refractivity contribution in [3.8, 4) is 0 Å². The number of carbonyl (C=O) groups excluding carboxylic acids is 1. The van der Waals surface area contributed by atoms with E-state index in [1.807, 2.05) is 27.7 Å². The number of amides is 1. The van der Waals surface area contributed by atoms with Gasteiger partial charge in [0.25, 0.3) is 0 Å². The normalized spacial score (nSPS) is 13.0. The van der Waals surface area contributed by atoms with Crippen LogP contribution in [0.5, 0.6) is 0 Å². The largest absolute Gasteiger partial charge is 0.356 e. The molecule has 124 valence electrons. The van der Waals surface area contributed by atoms with E-state index in [0.29, 0.717) is 17.9 Å². The van der Waals surface area contributed by atoms with Gasteiger partial charge in [0.1, 0.15) is 0 Å². The zero-order valence-corrected chi connectivity index (χ0v) is 15.2. The van der Waals surface area contributed by atoms with Gasteiger partial charge in [-0.2, -0.15) is 0 Å². The molecule has 0 saturated heterocycles. The van der Waals surface area contributed by atoms with Crippen LogP contribution in [-0.4, -0.2) is 25.6 Å². The van der Waals surface area contributed by atoms with E-state index in [-0.39, 0.29) is 5.91 Å². The Morgan fingerprint density at radius 1 is 1.05 bits per heavy atom. The maximum atomic E-state index is 12.7. The maximum Gasteiger partial charge on any atom is 0.225 e. The van der Waals surface area contributed by atoms with Gasteiger partial charge in [0.05, 0.1) is 9.64 Å². The molecule has 0 bridgehead atoms. The van der Waals surface area contributed by atoms with Crippen LogP contribution in [0.2, 0.25) is 0 Å². The van der Waals surface area contributed by atoms with Gasteiger partial charge in [0.15, 0.2) is 9.84 Å². The first-order valence-electron chi connectivity index (χ1n) is 7.47. The maximum absolute atomic E-state index is 12.7. The Labute approximate surface area is 134 Å². The molecule has 0 saturated carbocycles. The minimum absolute atomic E-state index is 0.0731. The van der Waals surface area contributed by atoms with E-state index < -0.39 is 20.0 Å². The lowest BCUT2D eigenvalue weighted by molar-refractivity contribution is -0.128. The second-order valence-corrected chi connectivity index (χ2v) is 9.92. The molecule has 1 aromatic rings.